The summed E-state index contributed by atoms with van der Waals surface area (Å²) in [5, 5.41) is 2.78. The third-order valence-corrected chi connectivity index (χ3v) is 7.07. The largest absolute Gasteiger partial charge is 0.354 e. The number of hydrogen-bond donors (Lipinski definition) is 1. The van der Waals surface area contributed by atoms with Crippen LogP contribution < -0.4 is 9.62 Å². The maximum absolute atomic E-state index is 13.5. The molecule has 0 aliphatic carbocycles. The Labute approximate surface area is 205 Å². The van der Waals surface area contributed by atoms with Crippen LogP contribution in [-0.4, -0.2) is 62.7 Å². The molecule has 1 atom stereocenters. The van der Waals surface area contributed by atoms with E-state index >= 15 is 0 Å². The van der Waals surface area contributed by atoms with Crippen LogP contribution in [-0.2, 0) is 26.3 Å². The van der Waals surface area contributed by atoms with Gasteiger partial charge in [-0.2, -0.15) is 12.7 Å². The number of nitrogens with zero attached hydrogens (tertiary/aromatic N) is 3. The highest BCUT2D eigenvalue weighted by atomic mass is 32.2. The zero-order valence-electron chi connectivity index (χ0n) is 20.5. The van der Waals surface area contributed by atoms with E-state index in [1.54, 1.807) is 6.92 Å². The van der Waals surface area contributed by atoms with Crippen molar-refractivity contribution in [1.82, 2.24) is 14.5 Å². The fourth-order valence-electron chi connectivity index (χ4n) is 3.15. The number of benzene rings is 2. The van der Waals surface area contributed by atoms with Crippen LogP contribution in [0.25, 0.3) is 0 Å². The highest BCUT2D eigenvalue weighted by Crippen LogP contribution is 2.21. The van der Waals surface area contributed by atoms with Crippen molar-refractivity contribution >= 4 is 27.7 Å². The van der Waals surface area contributed by atoms with Gasteiger partial charge >= 0.3 is 10.2 Å². The predicted molar refractivity (Wildman–Crippen MR) is 131 cm³/mol. The van der Waals surface area contributed by atoms with Gasteiger partial charge in [0, 0.05) is 27.2 Å². The van der Waals surface area contributed by atoms with E-state index in [9.17, 15) is 26.8 Å². The first-order chi connectivity index (χ1) is 16.3. The van der Waals surface area contributed by atoms with Gasteiger partial charge in [-0.15, -0.1) is 0 Å². The summed E-state index contributed by atoms with van der Waals surface area (Å²) in [6.45, 7) is 5.13. The molecule has 0 radical (unpaired) electrons. The minimum atomic E-state index is -4.13. The Morgan fingerprint density at radius 1 is 0.914 bits per heavy atom. The number of nitrogens with one attached hydrogen (secondary N) is 1. The van der Waals surface area contributed by atoms with Gasteiger partial charge in [0.1, 0.15) is 24.2 Å². The molecule has 11 heteroatoms. The summed E-state index contributed by atoms with van der Waals surface area (Å²) in [4.78, 5) is 27.5. The minimum Gasteiger partial charge on any atom is -0.354 e. The Kier molecular flexibility index (Phi) is 9.73. The predicted octanol–water partition coefficient (Wildman–Crippen LogP) is 2.77. The van der Waals surface area contributed by atoms with E-state index in [4.69, 9.17) is 0 Å². The Hall–Kier alpha value is -3.05. The smallest absolute Gasteiger partial charge is 0.304 e. The van der Waals surface area contributed by atoms with Crippen LogP contribution in [0.4, 0.5) is 14.5 Å². The normalized spacial score (nSPS) is 12.5. The Bertz CT molecular complexity index is 1110. The third kappa shape index (κ3) is 7.72. The van der Waals surface area contributed by atoms with Gasteiger partial charge in [0.2, 0.25) is 11.8 Å². The highest BCUT2D eigenvalue weighted by molar-refractivity contribution is 7.90. The molecule has 2 aromatic carbocycles. The first-order valence-electron chi connectivity index (χ1n) is 11.1. The van der Waals surface area contributed by atoms with Crippen LogP contribution in [0.1, 0.15) is 26.3 Å². The molecule has 0 aliphatic heterocycles. The van der Waals surface area contributed by atoms with E-state index in [0.29, 0.717) is 12.1 Å². The monoisotopic (exact) mass is 510 g/mol. The summed E-state index contributed by atoms with van der Waals surface area (Å²) in [6.07, 6.45) is 0. The average Bonchev–Trinajstić information content (AvgIpc) is 2.80. The zero-order chi connectivity index (χ0) is 26.3. The molecule has 8 nitrogen and oxygen atoms in total. The molecule has 0 spiro atoms. The van der Waals surface area contributed by atoms with Gasteiger partial charge in [0.15, 0.2) is 0 Å². The molecule has 0 aliphatic rings. The van der Waals surface area contributed by atoms with Crippen LogP contribution in [0.15, 0.2) is 48.5 Å². The summed E-state index contributed by atoms with van der Waals surface area (Å²) in [6, 6.07) is 9.21. The molecule has 1 N–H and O–H groups in total. The van der Waals surface area contributed by atoms with Crippen molar-refractivity contribution in [2.24, 2.45) is 5.92 Å². The quantitative estimate of drug-likeness (QED) is 0.504. The molecule has 192 valence electrons. The molecule has 2 rings (SSSR count). The molecule has 2 amide bonds. The van der Waals surface area contributed by atoms with Gasteiger partial charge in [0.05, 0.1) is 5.69 Å². The summed E-state index contributed by atoms with van der Waals surface area (Å²) < 4.78 is 54.7. The van der Waals surface area contributed by atoms with Crippen LogP contribution in [0.2, 0.25) is 0 Å². The molecule has 2 aromatic rings. The van der Waals surface area contributed by atoms with Crippen molar-refractivity contribution in [3.05, 3.63) is 65.7 Å². The molecule has 35 heavy (non-hydrogen) atoms. The van der Waals surface area contributed by atoms with Crippen LogP contribution in [0.3, 0.4) is 0 Å². The lowest BCUT2D eigenvalue weighted by Crippen LogP contribution is -2.52. The van der Waals surface area contributed by atoms with Crippen LogP contribution in [0.5, 0.6) is 0 Å². The zero-order valence-corrected chi connectivity index (χ0v) is 21.4. The lowest BCUT2D eigenvalue weighted by Gasteiger charge is -2.33. The first-order valence-corrected chi connectivity index (χ1v) is 12.5. The molecular formula is C24H32F2N4O4S. The van der Waals surface area contributed by atoms with Crippen molar-refractivity contribution in [3.8, 4) is 0 Å². The average molecular weight is 511 g/mol. The van der Waals surface area contributed by atoms with Gasteiger partial charge in [-0.05, 0) is 54.8 Å². The second-order valence-electron chi connectivity index (χ2n) is 8.74. The van der Waals surface area contributed by atoms with E-state index in [1.807, 2.05) is 13.8 Å². The molecule has 0 saturated heterocycles. The maximum Gasteiger partial charge on any atom is 0.304 e. The van der Waals surface area contributed by atoms with Crippen molar-refractivity contribution < 1.29 is 26.8 Å². The van der Waals surface area contributed by atoms with E-state index in [1.165, 1.54) is 55.4 Å². The standard InChI is InChI=1S/C24H32F2N4O4S/c1-17(2)14-27-24(32)18(3)29(15-19-6-8-20(25)9-7-19)23(31)16-30(35(33,34)28(4)5)22-12-10-21(26)11-13-22/h6-13,17-18H,14-16H2,1-5H3,(H,27,32)/t18-/m0/s1. The molecule has 0 fully saturated rings. The molecule has 0 saturated carbocycles. The summed E-state index contributed by atoms with van der Waals surface area (Å²) >= 11 is 0. The number of carbonyl (C=O) groups excluding carboxylic acids is 2. The second-order valence-corrected chi connectivity index (χ2v) is 10.8. The fourth-order valence-corrected chi connectivity index (χ4v) is 4.20. The van der Waals surface area contributed by atoms with Crippen molar-refractivity contribution in [3.63, 3.8) is 0 Å². The van der Waals surface area contributed by atoms with Crippen molar-refractivity contribution in [1.29, 1.82) is 0 Å². The highest BCUT2D eigenvalue weighted by Gasteiger charge is 2.32. The fraction of sp³-hybridized carbons (Fsp3) is 0.417. The van der Waals surface area contributed by atoms with Gasteiger partial charge in [-0.1, -0.05) is 26.0 Å². The Morgan fingerprint density at radius 2 is 1.43 bits per heavy atom. The number of amides is 2. The third-order valence-electron chi connectivity index (χ3n) is 5.25. The molecule has 0 heterocycles. The van der Waals surface area contributed by atoms with E-state index in [0.717, 1.165) is 20.7 Å². The lowest BCUT2D eigenvalue weighted by atomic mass is 10.1. The molecule has 0 unspecified atom stereocenters. The number of hydrogen-bond acceptors (Lipinski definition) is 4. The summed E-state index contributed by atoms with van der Waals surface area (Å²) in [5.74, 6) is -1.88. The molecule has 0 bridgehead atoms. The number of rotatable bonds is 11. The SMILES string of the molecule is CC(C)CNC(=O)[C@H](C)N(Cc1ccc(F)cc1)C(=O)CN(c1ccc(F)cc1)S(=O)(=O)N(C)C. The topological polar surface area (TPSA) is 90.0 Å². The Balaban J connectivity index is 2.41. The molecule has 0 aromatic heterocycles. The Morgan fingerprint density at radius 3 is 1.91 bits per heavy atom. The van der Waals surface area contributed by atoms with Gasteiger partial charge in [-0.3, -0.25) is 9.59 Å². The van der Waals surface area contributed by atoms with Crippen molar-refractivity contribution in [2.75, 3.05) is 31.5 Å². The first kappa shape index (κ1) is 28.2. The number of carbonyl (C=O) groups is 2. The minimum absolute atomic E-state index is 0.0470. The maximum atomic E-state index is 13.5. The second kappa shape index (κ2) is 12.1. The van der Waals surface area contributed by atoms with Crippen molar-refractivity contribution in [2.45, 2.75) is 33.4 Å². The molecular weight excluding hydrogens is 478 g/mol. The number of anilines is 1. The summed E-state index contributed by atoms with van der Waals surface area (Å²) in [7, 11) is -1.50. The van der Waals surface area contributed by atoms with E-state index in [2.05, 4.69) is 5.32 Å². The van der Waals surface area contributed by atoms with Crippen LogP contribution >= 0.6 is 0 Å². The lowest BCUT2D eigenvalue weighted by molar-refractivity contribution is -0.139. The van der Waals surface area contributed by atoms with E-state index < -0.39 is 46.2 Å². The van der Waals surface area contributed by atoms with Gasteiger partial charge in [-0.25, -0.2) is 13.1 Å². The van der Waals surface area contributed by atoms with E-state index in [-0.39, 0.29) is 18.2 Å². The van der Waals surface area contributed by atoms with Gasteiger partial charge in [0.25, 0.3) is 0 Å². The summed E-state index contributed by atoms with van der Waals surface area (Å²) in [5.41, 5.74) is 0.652. The van der Waals surface area contributed by atoms with Crippen LogP contribution in [0, 0.1) is 17.6 Å². The van der Waals surface area contributed by atoms with Gasteiger partial charge < -0.3 is 10.2 Å². The number of halogens is 2.